The number of benzene rings is 2. The fourth-order valence-corrected chi connectivity index (χ4v) is 2.81. The summed E-state index contributed by atoms with van der Waals surface area (Å²) in [4.78, 5) is 17.5. The molecule has 0 saturated heterocycles. The number of rotatable bonds is 3. The van der Waals surface area contributed by atoms with Gasteiger partial charge in [-0.2, -0.15) is 0 Å². The number of amides is 1. The zero-order valence-corrected chi connectivity index (χ0v) is 13.0. The van der Waals surface area contributed by atoms with Gasteiger partial charge >= 0.3 is 0 Å². The number of carbonyl (C=O) groups excluding carboxylic acids is 1. The monoisotopic (exact) mass is 302 g/mol. The van der Waals surface area contributed by atoms with E-state index in [1.807, 2.05) is 61.5 Å². The van der Waals surface area contributed by atoms with Crippen molar-refractivity contribution in [3.05, 3.63) is 71.4 Å². The van der Waals surface area contributed by atoms with Crippen LogP contribution >= 0.6 is 0 Å². The summed E-state index contributed by atoms with van der Waals surface area (Å²) in [5, 5.41) is 3.90. The van der Waals surface area contributed by atoms with Crippen LogP contribution < -0.4 is 5.32 Å². The Labute approximate surface area is 135 Å². The number of para-hydroxylation sites is 1. The SMILES string of the molecule is Cc1ccc(NC(=O)c2cc(C3CC3)nc3ccccc23)cc1. The summed E-state index contributed by atoms with van der Waals surface area (Å²) in [6.07, 6.45) is 2.34. The van der Waals surface area contributed by atoms with Gasteiger partial charge in [-0.3, -0.25) is 9.78 Å². The number of pyridine rings is 1. The van der Waals surface area contributed by atoms with Gasteiger partial charge in [0.1, 0.15) is 0 Å². The van der Waals surface area contributed by atoms with Gasteiger partial charge < -0.3 is 5.32 Å². The first-order chi connectivity index (χ1) is 11.2. The van der Waals surface area contributed by atoms with E-state index in [0.717, 1.165) is 22.3 Å². The number of carbonyl (C=O) groups is 1. The highest BCUT2D eigenvalue weighted by atomic mass is 16.1. The smallest absolute Gasteiger partial charge is 0.256 e. The zero-order valence-electron chi connectivity index (χ0n) is 13.0. The van der Waals surface area contributed by atoms with Crippen LogP contribution in [0.2, 0.25) is 0 Å². The number of anilines is 1. The Bertz CT molecular complexity index is 880. The molecule has 1 amide bonds. The van der Waals surface area contributed by atoms with Gasteiger partial charge in [-0.1, -0.05) is 35.9 Å². The van der Waals surface area contributed by atoms with Crippen molar-refractivity contribution in [1.29, 1.82) is 0 Å². The molecule has 0 spiro atoms. The van der Waals surface area contributed by atoms with Gasteiger partial charge in [-0.25, -0.2) is 0 Å². The Morgan fingerprint density at radius 3 is 2.57 bits per heavy atom. The van der Waals surface area contributed by atoms with Crippen LogP contribution in [0.1, 0.15) is 40.4 Å². The molecule has 23 heavy (non-hydrogen) atoms. The molecule has 1 aromatic heterocycles. The van der Waals surface area contributed by atoms with E-state index < -0.39 is 0 Å². The second kappa shape index (κ2) is 5.51. The topological polar surface area (TPSA) is 42.0 Å². The molecule has 0 bridgehead atoms. The van der Waals surface area contributed by atoms with E-state index in [1.54, 1.807) is 0 Å². The third-order valence-corrected chi connectivity index (χ3v) is 4.29. The van der Waals surface area contributed by atoms with Crippen LogP contribution in [-0.4, -0.2) is 10.9 Å². The molecular formula is C20H18N2O. The van der Waals surface area contributed by atoms with Crippen LogP contribution in [-0.2, 0) is 0 Å². The minimum absolute atomic E-state index is 0.0747. The van der Waals surface area contributed by atoms with Crippen molar-refractivity contribution in [2.45, 2.75) is 25.7 Å². The Morgan fingerprint density at radius 1 is 1.09 bits per heavy atom. The van der Waals surface area contributed by atoms with Gasteiger partial charge in [0.15, 0.2) is 0 Å². The van der Waals surface area contributed by atoms with Crippen molar-refractivity contribution in [3.8, 4) is 0 Å². The Morgan fingerprint density at radius 2 is 1.83 bits per heavy atom. The fourth-order valence-electron chi connectivity index (χ4n) is 2.81. The molecule has 3 aromatic rings. The normalized spacial score (nSPS) is 14.0. The van der Waals surface area contributed by atoms with Crippen LogP contribution in [0, 0.1) is 6.92 Å². The van der Waals surface area contributed by atoms with Crippen molar-refractivity contribution in [2.75, 3.05) is 5.32 Å². The molecule has 0 aliphatic heterocycles. The highest BCUT2D eigenvalue weighted by Gasteiger charge is 2.26. The highest BCUT2D eigenvalue weighted by molar-refractivity contribution is 6.12. The lowest BCUT2D eigenvalue weighted by molar-refractivity contribution is 0.102. The third-order valence-electron chi connectivity index (χ3n) is 4.29. The zero-order chi connectivity index (χ0) is 15.8. The van der Waals surface area contributed by atoms with Crippen LogP contribution in [0.25, 0.3) is 10.9 Å². The molecule has 1 saturated carbocycles. The van der Waals surface area contributed by atoms with E-state index in [-0.39, 0.29) is 5.91 Å². The highest BCUT2D eigenvalue weighted by Crippen LogP contribution is 2.40. The number of hydrogen-bond acceptors (Lipinski definition) is 2. The predicted molar refractivity (Wildman–Crippen MR) is 92.9 cm³/mol. The summed E-state index contributed by atoms with van der Waals surface area (Å²) in [5.74, 6) is 0.444. The van der Waals surface area contributed by atoms with Crippen LogP contribution in [0.5, 0.6) is 0 Å². The first-order valence-electron chi connectivity index (χ1n) is 7.98. The Hall–Kier alpha value is -2.68. The number of nitrogens with zero attached hydrogens (tertiary/aromatic N) is 1. The average Bonchev–Trinajstić information content (AvgIpc) is 3.41. The maximum Gasteiger partial charge on any atom is 0.256 e. The Kier molecular flexibility index (Phi) is 3.34. The van der Waals surface area contributed by atoms with Crippen LogP contribution in [0.3, 0.4) is 0 Å². The molecule has 1 aliphatic rings. The quantitative estimate of drug-likeness (QED) is 0.763. The molecular weight excluding hydrogens is 284 g/mol. The first kappa shape index (κ1) is 13.9. The first-order valence-corrected chi connectivity index (χ1v) is 7.98. The lowest BCUT2D eigenvalue weighted by Gasteiger charge is -2.10. The van der Waals surface area contributed by atoms with Gasteiger partial charge in [-0.15, -0.1) is 0 Å². The molecule has 1 heterocycles. The van der Waals surface area contributed by atoms with Crippen molar-refractivity contribution in [2.24, 2.45) is 0 Å². The van der Waals surface area contributed by atoms with Gasteiger partial charge in [0, 0.05) is 22.7 Å². The maximum absolute atomic E-state index is 12.8. The molecule has 0 radical (unpaired) electrons. The van der Waals surface area contributed by atoms with E-state index >= 15 is 0 Å². The molecule has 3 heteroatoms. The number of fused-ring (bicyclic) bond motifs is 1. The number of hydrogen-bond donors (Lipinski definition) is 1. The summed E-state index contributed by atoms with van der Waals surface area (Å²) in [7, 11) is 0. The summed E-state index contributed by atoms with van der Waals surface area (Å²) in [5.41, 5.74) is 4.63. The Balaban J connectivity index is 1.74. The third kappa shape index (κ3) is 2.82. The fraction of sp³-hybridized carbons (Fsp3) is 0.200. The summed E-state index contributed by atoms with van der Waals surface area (Å²) >= 11 is 0. The maximum atomic E-state index is 12.8. The molecule has 1 fully saturated rings. The second-order valence-electron chi connectivity index (χ2n) is 6.21. The lowest BCUT2D eigenvalue weighted by Crippen LogP contribution is -2.13. The number of nitrogens with one attached hydrogen (secondary N) is 1. The minimum atomic E-state index is -0.0747. The van der Waals surface area contributed by atoms with Crippen molar-refractivity contribution in [3.63, 3.8) is 0 Å². The van der Waals surface area contributed by atoms with Crippen molar-refractivity contribution < 1.29 is 4.79 Å². The van der Waals surface area contributed by atoms with E-state index in [2.05, 4.69) is 5.32 Å². The van der Waals surface area contributed by atoms with E-state index in [1.165, 1.54) is 18.4 Å². The molecule has 3 nitrogen and oxygen atoms in total. The van der Waals surface area contributed by atoms with E-state index in [0.29, 0.717) is 11.5 Å². The lowest BCUT2D eigenvalue weighted by atomic mass is 10.1. The predicted octanol–water partition coefficient (Wildman–Crippen LogP) is 4.67. The standard InChI is InChI=1S/C20H18N2O/c1-13-6-10-15(11-7-13)21-20(23)17-12-19(14-8-9-14)22-18-5-3-2-4-16(17)18/h2-7,10-12,14H,8-9H2,1H3,(H,21,23). The van der Waals surface area contributed by atoms with Gasteiger partial charge in [0.2, 0.25) is 0 Å². The summed E-state index contributed by atoms with van der Waals surface area (Å²) in [6.45, 7) is 2.03. The number of aryl methyl sites for hydroxylation is 1. The molecule has 1 N–H and O–H groups in total. The van der Waals surface area contributed by atoms with Crippen LogP contribution in [0.15, 0.2) is 54.6 Å². The van der Waals surface area contributed by atoms with E-state index in [4.69, 9.17) is 4.98 Å². The molecule has 1 aliphatic carbocycles. The van der Waals surface area contributed by atoms with Crippen molar-refractivity contribution in [1.82, 2.24) is 4.98 Å². The van der Waals surface area contributed by atoms with Crippen molar-refractivity contribution >= 4 is 22.5 Å². The molecule has 0 atom stereocenters. The second-order valence-corrected chi connectivity index (χ2v) is 6.21. The van der Waals surface area contributed by atoms with Gasteiger partial charge in [0.05, 0.1) is 11.1 Å². The minimum Gasteiger partial charge on any atom is -0.322 e. The average molecular weight is 302 g/mol. The molecule has 0 unspecified atom stereocenters. The summed E-state index contributed by atoms with van der Waals surface area (Å²) < 4.78 is 0. The van der Waals surface area contributed by atoms with E-state index in [9.17, 15) is 4.79 Å². The molecule has 4 rings (SSSR count). The van der Waals surface area contributed by atoms with Gasteiger partial charge in [0.25, 0.3) is 5.91 Å². The number of aromatic nitrogens is 1. The molecule has 2 aromatic carbocycles. The van der Waals surface area contributed by atoms with Gasteiger partial charge in [-0.05, 0) is 44.0 Å². The summed E-state index contributed by atoms with van der Waals surface area (Å²) in [6, 6.07) is 17.7. The van der Waals surface area contributed by atoms with Crippen LogP contribution in [0.4, 0.5) is 5.69 Å². The molecule has 114 valence electrons. The largest absolute Gasteiger partial charge is 0.322 e.